The molecule has 0 fully saturated rings. The van der Waals surface area contributed by atoms with Crippen LogP contribution in [0.4, 0.5) is 5.69 Å². The number of hydrogen-bond donors (Lipinski definition) is 1. The van der Waals surface area contributed by atoms with Crippen molar-refractivity contribution in [3.8, 4) is 17.7 Å². The maximum atomic E-state index is 9.10. The van der Waals surface area contributed by atoms with Crippen molar-refractivity contribution in [1.29, 1.82) is 5.26 Å². The summed E-state index contributed by atoms with van der Waals surface area (Å²) in [5, 5.41) is 17.1. The van der Waals surface area contributed by atoms with Crippen LogP contribution in [-0.2, 0) is 0 Å². The molecule has 2 N–H and O–H groups in total. The standard InChI is InChI=1S/C13H10N6O/c1-8-17-18-12-13(16-4-5-19(8)12)20-11-3-2-10(15)6-9(11)7-14/h2-6H,15H2,1H3. The lowest BCUT2D eigenvalue weighted by Crippen LogP contribution is -1.96. The molecule has 2 aromatic heterocycles. The number of rotatable bonds is 2. The summed E-state index contributed by atoms with van der Waals surface area (Å²) in [4.78, 5) is 4.13. The Morgan fingerprint density at radius 1 is 1.35 bits per heavy atom. The molecule has 1 aromatic carbocycles. The summed E-state index contributed by atoms with van der Waals surface area (Å²) in [6.45, 7) is 1.83. The van der Waals surface area contributed by atoms with Crippen LogP contribution in [0.2, 0.25) is 0 Å². The van der Waals surface area contributed by atoms with E-state index in [1.807, 2.05) is 13.0 Å². The minimum Gasteiger partial charge on any atom is -0.434 e. The molecule has 0 spiro atoms. The van der Waals surface area contributed by atoms with E-state index in [0.717, 1.165) is 5.82 Å². The summed E-state index contributed by atoms with van der Waals surface area (Å²) in [6.07, 6.45) is 3.33. The number of ether oxygens (including phenoxy) is 1. The first kappa shape index (κ1) is 11.9. The van der Waals surface area contributed by atoms with Gasteiger partial charge >= 0.3 is 0 Å². The summed E-state index contributed by atoms with van der Waals surface area (Å²) in [5.41, 5.74) is 6.97. The highest BCUT2D eigenvalue weighted by molar-refractivity contribution is 5.56. The van der Waals surface area contributed by atoms with Crippen LogP contribution in [0.3, 0.4) is 0 Å². The van der Waals surface area contributed by atoms with E-state index >= 15 is 0 Å². The molecular formula is C13H10N6O. The van der Waals surface area contributed by atoms with Gasteiger partial charge in [0.2, 0.25) is 5.65 Å². The van der Waals surface area contributed by atoms with E-state index in [2.05, 4.69) is 15.2 Å². The zero-order chi connectivity index (χ0) is 14.1. The van der Waals surface area contributed by atoms with Gasteiger partial charge in [-0.3, -0.25) is 4.40 Å². The lowest BCUT2D eigenvalue weighted by Gasteiger charge is -2.07. The molecule has 0 aliphatic carbocycles. The lowest BCUT2D eigenvalue weighted by molar-refractivity contribution is 0.463. The number of aromatic nitrogens is 4. The summed E-state index contributed by atoms with van der Waals surface area (Å²) < 4.78 is 7.43. The smallest absolute Gasteiger partial charge is 0.265 e. The van der Waals surface area contributed by atoms with Crippen molar-refractivity contribution in [3.63, 3.8) is 0 Å². The lowest BCUT2D eigenvalue weighted by atomic mass is 10.2. The molecular weight excluding hydrogens is 256 g/mol. The quantitative estimate of drug-likeness (QED) is 0.708. The molecule has 0 saturated heterocycles. The van der Waals surface area contributed by atoms with E-state index in [-0.39, 0.29) is 5.88 Å². The summed E-state index contributed by atoms with van der Waals surface area (Å²) in [6, 6.07) is 6.87. The fourth-order valence-corrected chi connectivity index (χ4v) is 1.82. The van der Waals surface area contributed by atoms with Crippen LogP contribution in [0.1, 0.15) is 11.4 Å². The molecule has 3 rings (SSSR count). The zero-order valence-corrected chi connectivity index (χ0v) is 10.6. The third kappa shape index (κ3) is 1.89. The third-order valence-electron chi connectivity index (χ3n) is 2.80. The fraction of sp³-hybridized carbons (Fsp3) is 0.0769. The van der Waals surface area contributed by atoms with E-state index < -0.39 is 0 Å². The van der Waals surface area contributed by atoms with Crippen molar-refractivity contribution in [3.05, 3.63) is 42.0 Å². The fourth-order valence-electron chi connectivity index (χ4n) is 1.82. The van der Waals surface area contributed by atoms with E-state index in [1.165, 1.54) is 0 Å². The molecule has 0 bridgehead atoms. The van der Waals surface area contributed by atoms with Gasteiger partial charge in [0.05, 0.1) is 5.56 Å². The number of nitrogens with zero attached hydrogens (tertiary/aromatic N) is 5. The predicted molar refractivity (Wildman–Crippen MR) is 71.2 cm³/mol. The number of nitrogens with two attached hydrogens (primary N) is 1. The van der Waals surface area contributed by atoms with Crippen molar-refractivity contribution in [2.24, 2.45) is 0 Å². The molecule has 3 aromatic rings. The Balaban J connectivity index is 2.08. The van der Waals surface area contributed by atoms with Crippen LogP contribution in [0, 0.1) is 18.3 Å². The molecule has 0 aliphatic heterocycles. The Morgan fingerprint density at radius 2 is 2.20 bits per heavy atom. The van der Waals surface area contributed by atoms with E-state index in [9.17, 15) is 0 Å². The van der Waals surface area contributed by atoms with Gasteiger partial charge in [-0.2, -0.15) is 5.26 Å². The summed E-state index contributed by atoms with van der Waals surface area (Å²) in [7, 11) is 0. The maximum absolute atomic E-state index is 9.10. The maximum Gasteiger partial charge on any atom is 0.265 e. The van der Waals surface area contributed by atoms with Crippen LogP contribution in [0.15, 0.2) is 30.6 Å². The molecule has 0 aliphatic rings. The Bertz CT molecular complexity index is 832. The average Bonchev–Trinajstić information content (AvgIpc) is 2.84. The average molecular weight is 266 g/mol. The highest BCUT2D eigenvalue weighted by Gasteiger charge is 2.12. The highest BCUT2D eigenvalue weighted by atomic mass is 16.5. The molecule has 0 atom stereocenters. The molecule has 98 valence electrons. The highest BCUT2D eigenvalue weighted by Crippen LogP contribution is 2.27. The van der Waals surface area contributed by atoms with Crippen molar-refractivity contribution in [1.82, 2.24) is 19.6 Å². The van der Waals surface area contributed by atoms with Gasteiger partial charge < -0.3 is 10.5 Å². The van der Waals surface area contributed by atoms with Gasteiger partial charge in [0.15, 0.2) is 0 Å². The van der Waals surface area contributed by atoms with Gasteiger partial charge in [-0.05, 0) is 25.1 Å². The number of hydrogen-bond acceptors (Lipinski definition) is 6. The zero-order valence-electron chi connectivity index (χ0n) is 10.6. The predicted octanol–water partition coefficient (Wildman–Crippen LogP) is 1.68. The minimum absolute atomic E-state index is 0.286. The number of aryl methyl sites for hydroxylation is 1. The second-order valence-electron chi connectivity index (χ2n) is 4.14. The Labute approximate surface area is 114 Å². The normalized spacial score (nSPS) is 10.4. The van der Waals surface area contributed by atoms with Gasteiger partial charge in [0.25, 0.3) is 5.88 Å². The molecule has 0 saturated carbocycles. The molecule has 2 heterocycles. The SMILES string of the molecule is Cc1nnc2c(Oc3ccc(N)cc3C#N)nccn12. The molecule has 20 heavy (non-hydrogen) atoms. The summed E-state index contributed by atoms with van der Waals surface area (Å²) in [5.74, 6) is 1.39. The van der Waals surface area contributed by atoms with Crippen LogP contribution < -0.4 is 10.5 Å². The van der Waals surface area contributed by atoms with Crippen LogP contribution in [0.5, 0.6) is 11.6 Å². The molecule has 0 radical (unpaired) electrons. The van der Waals surface area contributed by atoms with Gasteiger partial charge in [0, 0.05) is 18.1 Å². The van der Waals surface area contributed by atoms with Gasteiger partial charge in [-0.1, -0.05) is 0 Å². The third-order valence-corrected chi connectivity index (χ3v) is 2.80. The number of anilines is 1. The number of nitriles is 1. The van der Waals surface area contributed by atoms with E-state index in [4.69, 9.17) is 15.7 Å². The minimum atomic E-state index is 0.286. The number of nitrogen functional groups attached to an aromatic ring is 1. The first-order chi connectivity index (χ1) is 9.69. The first-order valence-corrected chi connectivity index (χ1v) is 5.83. The molecule has 7 heteroatoms. The number of fused-ring (bicyclic) bond motifs is 1. The molecule has 7 nitrogen and oxygen atoms in total. The number of benzene rings is 1. The van der Waals surface area contributed by atoms with Gasteiger partial charge in [-0.15, -0.1) is 10.2 Å². The van der Waals surface area contributed by atoms with Gasteiger partial charge in [0.1, 0.15) is 17.6 Å². The second kappa shape index (κ2) is 4.51. The molecule has 0 unspecified atom stereocenters. The van der Waals surface area contributed by atoms with Gasteiger partial charge in [-0.25, -0.2) is 4.98 Å². The summed E-state index contributed by atoms with van der Waals surface area (Å²) >= 11 is 0. The molecule has 0 amide bonds. The van der Waals surface area contributed by atoms with E-state index in [0.29, 0.717) is 22.6 Å². The van der Waals surface area contributed by atoms with E-state index in [1.54, 1.807) is 35.0 Å². The topological polar surface area (TPSA) is 102 Å². The monoisotopic (exact) mass is 266 g/mol. The first-order valence-electron chi connectivity index (χ1n) is 5.83. The van der Waals surface area contributed by atoms with Crippen LogP contribution in [-0.4, -0.2) is 19.6 Å². The second-order valence-corrected chi connectivity index (χ2v) is 4.14. The van der Waals surface area contributed by atoms with Crippen molar-refractivity contribution in [2.75, 3.05) is 5.73 Å². The Kier molecular flexibility index (Phi) is 2.69. The van der Waals surface area contributed by atoms with Crippen LogP contribution >= 0.6 is 0 Å². The van der Waals surface area contributed by atoms with Crippen molar-refractivity contribution in [2.45, 2.75) is 6.92 Å². The largest absolute Gasteiger partial charge is 0.434 e. The van der Waals surface area contributed by atoms with Crippen molar-refractivity contribution >= 4 is 11.3 Å². The Morgan fingerprint density at radius 3 is 3.00 bits per heavy atom. The van der Waals surface area contributed by atoms with Crippen molar-refractivity contribution < 1.29 is 4.74 Å². The Hall–Kier alpha value is -3.14. The van der Waals surface area contributed by atoms with Crippen LogP contribution in [0.25, 0.3) is 5.65 Å².